The van der Waals surface area contributed by atoms with Crippen molar-refractivity contribution in [2.45, 2.75) is 13.0 Å². The first kappa shape index (κ1) is 11.4. The van der Waals surface area contributed by atoms with Gasteiger partial charge in [-0.25, -0.2) is 4.98 Å². The molecule has 2 heterocycles. The summed E-state index contributed by atoms with van der Waals surface area (Å²) in [6.45, 7) is 1.58. The molecule has 0 aliphatic carbocycles. The van der Waals surface area contributed by atoms with Gasteiger partial charge in [0.25, 0.3) is 0 Å². The molecule has 0 saturated heterocycles. The maximum atomic E-state index is 8.71. The SMILES string of the molecule is N#Cc1cc(CNCCc2ccco2)ccn1. The standard InChI is InChI=1S/C13H13N3O/c14-9-12-8-11(3-6-16-12)10-15-5-4-13-2-1-7-17-13/h1-3,6-8,15H,4-5,10H2. The number of furan rings is 1. The Hall–Kier alpha value is -2.12. The highest BCUT2D eigenvalue weighted by molar-refractivity contribution is 5.25. The summed E-state index contributed by atoms with van der Waals surface area (Å²) < 4.78 is 5.23. The van der Waals surface area contributed by atoms with E-state index in [1.165, 1.54) is 0 Å². The van der Waals surface area contributed by atoms with Gasteiger partial charge < -0.3 is 9.73 Å². The van der Waals surface area contributed by atoms with Gasteiger partial charge in [-0.3, -0.25) is 0 Å². The van der Waals surface area contributed by atoms with Crippen LogP contribution in [0.25, 0.3) is 0 Å². The highest BCUT2D eigenvalue weighted by Gasteiger charge is 1.97. The van der Waals surface area contributed by atoms with E-state index < -0.39 is 0 Å². The van der Waals surface area contributed by atoms with Crippen molar-refractivity contribution in [1.29, 1.82) is 5.26 Å². The molecule has 0 saturated carbocycles. The minimum Gasteiger partial charge on any atom is -0.469 e. The third-order valence-corrected chi connectivity index (χ3v) is 2.40. The number of aromatic nitrogens is 1. The van der Waals surface area contributed by atoms with Crippen LogP contribution in [-0.4, -0.2) is 11.5 Å². The van der Waals surface area contributed by atoms with Gasteiger partial charge in [0, 0.05) is 25.7 Å². The number of hydrogen-bond acceptors (Lipinski definition) is 4. The van der Waals surface area contributed by atoms with E-state index in [0.717, 1.165) is 30.8 Å². The molecule has 0 aromatic carbocycles. The number of nitriles is 1. The number of pyridine rings is 1. The maximum Gasteiger partial charge on any atom is 0.140 e. The second kappa shape index (κ2) is 5.83. The van der Waals surface area contributed by atoms with Crippen molar-refractivity contribution in [3.05, 3.63) is 53.7 Å². The molecule has 86 valence electrons. The second-order valence-electron chi connectivity index (χ2n) is 3.67. The van der Waals surface area contributed by atoms with Crippen LogP contribution in [0.15, 0.2) is 41.1 Å². The maximum absolute atomic E-state index is 8.71. The van der Waals surface area contributed by atoms with Gasteiger partial charge in [-0.1, -0.05) is 0 Å². The van der Waals surface area contributed by atoms with Crippen LogP contribution in [0.3, 0.4) is 0 Å². The monoisotopic (exact) mass is 227 g/mol. The Labute approximate surface area is 99.9 Å². The van der Waals surface area contributed by atoms with Crippen LogP contribution >= 0.6 is 0 Å². The molecule has 0 spiro atoms. The van der Waals surface area contributed by atoms with Gasteiger partial charge in [-0.2, -0.15) is 5.26 Å². The van der Waals surface area contributed by atoms with Crippen LogP contribution < -0.4 is 5.32 Å². The second-order valence-corrected chi connectivity index (χ2v) is 3.67. The number of rotatable bonds is 5. The van der Waals surface area contributed by atoms with E-state index in [9.17, 15) is 0 Å². The van der Waals surface area contributed by atoms with E-state index in [1.54, 1.807) is 18.5 Å². The highest BCUT2D eigenvalue weighted by Crippen LogP contribution is 2.02. The van der Waals surface area contributed by atoms with E-state index in [0.29, 0.717) is 5.69 Å². The van der Waals surface area contributed by atoms with E-state index in [4.69, 9.17) is 9.68 Å². The van der Waals surface area contributed by atoms with Gasteiger partial charge in [0.1, 0.15) is 17.5 Å². The summed E-state index contributed by atoms with van der Waals surface area (Å²) in [4.78, 5) is 3.92. The van der Waals surface area contributed by atoms with Crippen molar-refractivity contribution in [3.63, 3.8) is 0 Å². The summed E-state index contributed by atoms with van der Waals surface area (Å²) >= 11 is 0. The summed E-state index contributed by atoms with van der Waals surface area (Å²) in [6.07, 6.45) is 4.20. The number of nitrogens with one attached hydrogen (secondary N) is 1. The average Bonchev–Trinajstić information content (AvgIpc) is 2.88. The molecule has 0 aliphatic rings. The van der Waals surface area contributed by atoms with Gasteiger partial charge >= 0.3 is 0 Å². The fourth-order valence-corrected chi connectivity index (χ4v) is 1.54. The molecular weight excluding hydrogens is 214 g/mol. The van der Waals surface area contributed by atoms with Crippen LogP contribution in [0.2, 0.25) is 0 Å². The Bertz CT molecular complexity index is 500. The van der Waals surface area contributed by atoms with Crippen LogP contribution in [0.1, 0.15) is 17.0 Å². The lowest BCUT2D eigenvalue weighted by atomic mass is 10.2. The molecule has 0 aliphatic heterocycles. The van der Waals surface area contributed by atoms with Crippen molar-refractivity contribution in [1.82, 2.24) is 10.3 Å². The van der Waals surface area contributed by atoms with Gasteiger partial charge in [0.2, 0.25) is 0 Å². The van der Waals surface area contributed by atoms with Gasteiger partial charge in [0.05, 0.1) is 6.26 Å². The van der Waals surface area contributed by atoms with Crippen molar-refractivity contribution in [2.75, 3.05) is 6.54 Å². The minimum atomic E-state index is 0.454. The third kappa shape index (κ3) is 3.44. The Balaban J connectivity index is 1.76. The predicted molar refractivity (Wildman–Crippen MR) is 63.1 cm³/mol. The summed E-state index contributed by atoms with van der Waals surface area (Å²) in [6, 6.07) is 9.57. The summed E-state index contributed by atoms with van der Waals surface area (Å²) in [5.41, 5.74) is 1.52. The van der Waals surface area contributed by atoms with Crippen LogP contribution in [0.5, 0.6) is 0 Å². The largest absolute Gasteiger partial charge is 0.469 e. The van der Waals surface area contributed by atoms with Gasteiger partial charge in [-0.15, -0.1) is 0 Å². The number of nitrogens with zero attached hydrogens (tertiary/aromatic N) is 2. The van der Waals surface area contributed by atoms with E-state index in [-0.39, 0.29) is 0 Å². The van der Waals surface area contributed by atoms with Crippen molar-refractivity contribution < 1.29 is 4.42 Å². The zero-order chi connectivity index (χ0) is 11.9. The summed E-state index contributed by atoms with van der Waals surface area (Å²) in [7, 11) is 0. The smallest absolute Gasteiger partial charge is 0.140 e. The number of hydrogen-bond donors (Lipinski definition) is 1. The van der Waals surface area contributed by atoms with Crippen molar-refractivity contribution in [2.24, 2.45) is 0 Å². The van der Waals surface area contributed by atoms with E-state index in [2.05, 4.69) is 10.3 Å². The predicted octanol–water partition coefficient (Wildman–Crippen LogP) is 1.88. The van der Waals surface area contributed by atoms with Crippen molar-refractivity contribution >= 4 is 0 Å². The Morgan fingerprint density at radius 1 is 1.41 bits per heavy atom. The molecule has 0 bridgehead atoms. The Morgan fingerprint density at radius 2 is 2.35 bits per heavy atom. The van der Waals surface area contributed by atoms with Crippen LogP contribution in [0, 0.1) is 11.3 Å². The molecule has 4 nitrogen and oxygen atoms in total. The molecule has 0 radical (unpaired) electrons. The molecular formula is C13H13N3O. The normalized spacial score (nSPS) is 10.1. The molecule has 2 rings (SSSR count). The molecule has 0 unspecified atom stereocenters. The molecule has 4 heteroatoms. The first-order valence-corrected chi connectivity index (χ1v) is 5.46. The summed E-state index contributed by atoms with van der Waals surface area (Å²) in [5, 5.41) is 12.0. The summed E-state index contributed by atoms with van der Waals surface area (Å²) in [5.74, 6) is 0.977. The molecule has 0 fully saturated rings. The van der Waals surface area contributed by atoms with E-state index in [1.807, 2.05) is 24.3 Å². The third-order valence-electron chi connectivity index (χ3n) is 2.40. The minimum absolute atomic E-state index is 0.454. The zero-order valence-corrected chi connectivity index (χ0v) is 9.39. The highest BCUT2D eigenvalue weighted by atomic mass is 16.3. The topological polar surface area (TPSA) is 61.9 Å². The zero-order valence-electron chi connectivity index (χ0n) is 9.39. The molecule has 2 aromatic rings. The molecule has 17 heavy (non-hydrogen) atoms. The first-order chi connectivity index (χ1) is 8.38. The molecule has 0 amide bonds. The van der Waals surface area contributed by atoms with E-state index >= 15 is 0 Å². The molecule has 2 aromatic heterocycles. The fourth-order valence-electron chi connectivity index (χ4n) is 1.54. The van der Waals surface area contributed by atoms with Gasteiger partial charge in [0.15, 0.2) is 0 Å². The fraction of sp³-hybridized carbons (Fsp3) is 0.231. The lowest BCUT2D eigenvalue weighted by molar-refractivity contribution is 0.499. The Morgan fingerprint density at radius 3 is 3.12 bits per heavy atom. The Kier molecular flexibility index (Phi) is 3.90. The first-order valence-electron chi connectivity index (χ1n) is 5.46. The lowest BCUT2D eigenvalue weighted by Gasteiger charge is -2.03. The quantitative estimate of drug-likeness (QED) is 0.792. The van der Waals surface area contributed by atoms with Crippen LogP contribution in [-0.2, 0) is 13.0 Å². The van der Waals surface area contributed by atoms with Crippen molar-refractivity contribution in [3.8, 4) is 6.07 Å². The molecule has 0 atom stereocenters. The van der Waals surface area contributed by atoms with Gasteiger partial charge in [-0.05, 0) is 29.8 Å². The lowest BCUT2D eigenvalue weighted by Crippen LogP contribution is -2.16. The van der Waals surface area contributed by atoms with Crippen LogP contribution in [0.4, 0.5) is 0 Å². The molecule has 1 N–H and O–H groups in total. The average molecular weight is 227 g/mol.